The number of carbonyl (C=O) groups excluding carboxylic acids is 1. The molecule has 32 heavy (non-hydrogen) atoms. The molecule has 3 heterocycles. The zero-order chi connectivity index (χ0) is 23.0. The van der Waals surface area contributed by atoms with Crippen LogP contribution in [0.2, 0.25) is 5.02 Å². The Morgan fingerprint density at radius 1 is 1.19 bits per heavy atom. The van der Waals surface area contributed by atoms with Crippen LogP contribution in [0.3, 0.4) is 0 Å². The number of nitrogens with one attached hydrogen (secondary N) is 1. The van der Waals surface area contributed by atoms with Gasteiger partial charge in [-0.2, -0.15) is 0 Å². The van der Waals surface area contributed by atoms with Gasteiger partial charge in [0, 0.05) is 6.20 Å². The lowest BCUT2D eigenvalue weighted by molar-refractivity contribution is 0.100. The van der Waals surface area contributed by atoms with Gasteiger partial charge < -0.3 is 16.8 Å². The summed E-state index contributed by atoms with van der Waals surface area (Å²) in [5, 5.41) is 3.68. The third-order valence-electron chi connectivity index (χ3n) is 4.81. The molecule has 162 valence electrons. The number of rotatable bonds is 5. The number of hydrogen-bond acceptors (Lipinski definition) is 8. The van der Waals surface area contributed by atoms with E-state index in [2.05, 4.69) is 25.3 Å². The van der Waals surface area contributed by atoms with Gasteiger partial charge in [-0.25, -0.2) is 15.0 Å². The minimum Gasteiger partial charge on any atom is -0.383 e. The lowest BCUT2D eigenvalue weighted by Crippen LogP contribution is -2.28. The quantitative estimate of drug-likeness (QED) is 0.418. The van der Waals surface area contributed by atoms with Crippen molar-refractivity contribution in [3.63, 3.8) is 0 Å². The Kier molecular flexibility index (Phi) is 5.45. The smallest absolute Gasteiger partial charge is 0.267 e. The van der Waals surface area contributed by atoms with Gasteiger partial charge in [0.1, 0.15) is 28.8 Å². The standard InChI is InChI=1S/C21H19ClN8O2/c1-10(26-19-16(18(24)31)17(23)27-11(2)28-19)20-29-14-7-3-6-13(22)15(14)21(32)30(20)12-5-4-8-25-9-12/h3-10H,1-2H3,(H2,24,31)(H3,23,26,27,28)/t10-/m0/s1. The number of carbonyl (C=O) groups is 1. The van der Waals surface area contributed by atoms with E-state index in [0.717, 1.165) is 0 Å². The number of halogens is 1. The molecule has 1 atom stereocenters. The van der Waals surface area contributed by atoms with Gasteiger partial charge in [0.05, 0.1) is 33.9 Å². The lowest BCUT2D eigenvalue weighted by Gasteiger charge is -2.21. The van der Waals surface area contributed by atoms with Crippen LogP contribution in [0.25, 0.3) is 16.6 Å². The normalized spacial score (nSPS) is 12.0. The molecule has 4 rings (SSSR count). The SMILES string of the molecule is Cc1nc(N)c(C(N)=O)c(N[C@@H](C)c2nc3cccc(Cl)c3c(=O)n2-c2cccnc2)n1. The van der Waals surface area contributed by atoms with Gasteiger partial charge in [0.15, 0.2) is 0 Å². The van der Waals surface area contributed by atoms with Crippen LogP contribution in [0, 0.1) is 6.92 Å². The summed E-state index contributed by atoms with van der Waals surface area (Å²) in [5.41, 5.74) is 11.9. The number of primary amides is 1. The molecule has 0 radical (unpaired) electrons. The summed E-state index contributed by atoms with van der Waals surface area (Å²) in [6.45, 7) is 3.41. The lowest BCUT2D eigenvalue weighted by atomic mass is 10.2. The van der Waals surface area contributed by atoms with Gasteiger partial charge in [-0.3, -0.25) is 19.1 Å². The van der Waals surface area contributed by atoms with Gasteiger partial charge in [-0.05, 0) is 38.1 Å². The maximum absolute atomic E-state index is 13.5. The van der Waals surface area contributed by atoms with Crippen LogP contribution < -0.4 is 22.3 Å². The zero-order valence-electron chi connectivity index (χ0n) is 17.2. The van der Waals surface area contributed by atoms with E-state index in [1.54, 1.807) is 56.6 Å². The Morgan fingerprint density at radius 3 is 2.66 bits per heavy atom. The Bertz CT molecular complexity index is 1400. The number of nitrogen functional groups attached to an aromatic ring is 1. The molecule has 0 saturated carbocycles. The van der Waals surface area contributed by atoms with E-state index in [1.807, 2.05) is 0 Å². The molecule has 10 nitrogen and oxygen atoms in total. The molecule has 5 N–H and O–H groups in total. The van der Waals surface area contributed by atoms with Crippen LogP contribution in [0.5, 0.6) is 0 Å². The second kappa shape index (κ2) is 8.23. The maximum Gasteiger partial charge on any atom is 0.267 e. The predicted molar refractivity (Wildman–Crippen MR) is 122 cm³/mol. The molecule has 0 aliphatic carbocycles. The van der Waals surface area contributed by atoms with Crippen molar-refractivity contribution in [2.24, 2.45) is 5.73 Å². The van der Waals surface area contributed by atoms with E-state index in [1.165, 1.54) is 4.57 Å². The molecule has 0 fully saturated rings. The molecule has 1 aromatic carbocycles. The van der Waals surface area contributed by atoms with Crippen LogP contribution in [-0.4, -0.2) is 30.4 Å². The number of anilines is 2. The van der Waals surface area contributed by atoms with E-state index in [-0.39, 0.29) is 28.1 Å². The molecule has 0 spiro atoms. The fourth-order valence-corrected chi connectivity index (χ4v) is 3.69. The van der Waals surface area contributed by atoms with E-state index >= 15 is 0 Å². The van der Waals surface area contributed by atoms with Crippen molar-refractivity contribution in [3.8, 4) is 5.69 Å². The first-order valence-electron chi connectivity index (χ1n) is 9.60. The summed E-state index contributed by atoms with van der Waals surface area (Å²) in [5.74, 6) is 0.0315. The van der Waals surface area contributed by atoms with Crippen LogP contribution in [0.15, 0.2) is 47.5 Å². The number of aromatic nitrogens is 5. The maximum atomic E-state index is 13.5. The zero-order valence-corrected chi connectivity index (χ0v) is 18.0. The third kappa shape index (κ3) is 3.71. The number of aryl methyl sites for hydroxylation is 1. The number of fused-ring (bicyclic) bond motifs is 1. The molecule has 0 aliphatic rings. The summed E-state index contributed by atoms with van der Waals surface area (Å²) in [7, 11) is 0. The highest BCUT2D eigenvalue weighted by molar-refractivity contribution is 6.35. The molecule has 1 amide bonds. The van der Waals surface area contributed by atoms with Gasteiger partial charge >= 0.3 is 0 Å². The summed E-state index contributed by atoms with van der Waals surface area (Å²) < 4.78 is 1.42. The fourth-order valence-electron chi connectivity index (χ4n) is 3.44. The van der Waals surface area contributed by atoms with Crippen molar-refractivity contribution in [2.75, 3.05) is 11.1 Å². The summed E-state index contributed by atoms with van der Waals surface area (Å²) in [4.78, 5) is 42.5. The Balaban J connectivity index is 1.94. The first-order valence-corrected chi connectivity index (χ1v) is 9.97. The summed E-state index contributed by atoms with van der Waals surface area (Å²) in [6, 6.07) is 7.89. The highest BCUT2D eigenvalue weighted by Crippen LogP contribution is 2.26. The second-order valence-electron chi connectivity index (χ2n) is 7.07. The van der Waals surface area contributed by atoms with Crippen molar-refractivity contribution < 1.29 is 4.79 Å². The molecule has 3 aromatic heterocycles. The molecule has 11 heteroatoms. The van der Waals surface area contributed by atoms with E-state index in [0.29, 0.717) is 27.9 Å². The van der Waals surface area contributed by atoms with E-state index < -0.39 is 11.9 Å². The summed E-state index contributed by atoms with van der Waals surface area (Å²) in [6.07, 6.45) is 3.15. The minimum absolute atomic E-state index is 0.0393. The molecule has 0 unspecified atom stereocenters. The van der Waals surface area contributed by atoms with Gasteiger partial charge in [-0.1, -0.05) is 17.7 Å². The Labute approximate surface area is 187 Å². The minimum atomic E-state index is -0.778. The van der Waals surface area contributed by atoms with Gasteiger partial charge in [-0.15, -0.1) is 0 Å². The average molecular weight is 451 g/mol. The van der Waals surface area contributed by atoms with Crippen LogP contribution in [-0.2, 0) is 0 Å². The third-order valence-corrected chi connectivity index (χ3v) is 5.13. The molecule has 0 saturated heterocycles. The molecule has 0 aliphatic heterocycles. The second-order valence-corrected chi connectivity index (χ2v) is 7.47. The van der Waals surface area contributed by atoms with Crippen molar-refractivity contribution in [1.82, 2.24) is 24.5 Å². The van der Waals surface area contributed by atoms with Crippen molar-refractivity contribution >= 4 is 40.0 Å². The number of nitrogens with two attached hydrogens (primary N) is 2. The van der Waals surface area contributed by atoms with Crippen molar-refractivity contribution in [2.45, 2.75) is 19.9 Å². The topological polar surface area (TPSA) is 155 Å². The number of hydrogen-bond donors (Lipinski definition) is 3. The van der Waals surface area contributed by atoms with Crippen LogP contribution in [0.1, 0.15) is 35.0 Å². The average Bonchev–Trinajstić information content (AvgIpc) is 2.73. The molecule has 0 bridgehead atoms. The largest absolute Gasteiger partial charge is 0.383 e. The first kappa shape index (κ1) is 21.2. The van der Waals surface area contributed by atoms with Gasteiger partial charge in [0.25, 0.3) is 11.5 Å². The van der Waals surface area contributed by atoms with Crippen LogP contribution >= 0.6 is 11.6 Å². The predicted octanol–water partition coefficient (Wildman–Crippen LogP) is 2.39. The monoisotopic (exact) mass is 450 g/mol. The Morgan fingerprint density at radius 2 is 1.97 bits per heavy atom. The number of pyridine rings is 1. The first-order chi connectivity index (χ1) is 15.3. The highest BCUT2D eigenvalue weighted by Gasteiger charge is 2.23. The van der Waals surface area contributed by atoms with Crippen molar-refractivity contribution in [3.05, 3.63) is 75.3 Å². The molecule has 4 aromatic rings. The number of amides is 1. The van der Waals surface area contributed by atoms with Gasteiger partial charge in [0.2, 0.25) is 0 Å². The fraction of sp³-hybridized carbons (Fsp3) is 0.143. The molecular formula is C21H19ClN8O2. The van der Waals surface area contributed by atoms with E-state index in [9.17, 15) is 9.59 Å². The number of nitrogens with zero attached hydrogens (tertiary/aromatic N) is 5. The summed E-state index contributed by atoms with van der Waals surface area (Å²) >= 11 is 6.31. The van der Waals surface area contributed by atoms with Crippen molar-refractivity contribution in [1.29, 1.82) is 0 Å². The van der Waals surface area contributed by atoms with E-state index in [4.69, 9.17) is 23.1 Å². The number of benzene rings is 1. The highest BCUT2D eigenvalue weighted by atomic mass is 35.5. The molecular weight excluding hydrogens is 432 g/mol. The Hall–Kier alpha value is -4.05. The van der Waals surface area contributed by atoms with Crippen LogP contribution in [0.4, 0.5) is 11.6 Å².